The van der Waals surface area contributed by atoms with Gasteiger partial charge >= 0.3 is 0 Å². The van der Waals surface area contributed by atoms with E-state index in [0.29, 0.717) is 5.41 Å². The van der Waals surface area contributed by atoms with Crippen molar-refractivity contribution in [2.45, 2.75) is 57.8 Å². The molecule has 1 saturated carbocycles. The molecule has 1 aliphatic carbocycles. The molecule has 0 atom stereocenters. The summed E-state index contributed by atoms with van der Waals surface area (Å²) in [6.45, 7) is 7.40. The van der Waals surface area contributed by atoms with Gasteiger partial charge in [0.05, 0.1) is 0 Å². The Morgan fingerprint density at radius 1 is 1.08 bits per heavy atom. The second-order valence-electron chi connectivity index (χ2n) is 5.93. The summed E-state index contributed by atoms with van der Waals surface area (Å²) in [4.78, 5) is 0. The molecule has 0 radical (unpaired) electrons. The Labute approximate surface area is 89.1 Å². The van der Waals surface area contributed by atoms with Gasteiger partial charge in [-0.2, -0.15) is 0 Å². The van der Waals surface area contributed by atoms with E-state index in [0.717, 1.165) is 5.88 Å². The van der Waals surface area contributed by atoms with Crippen LogP contribution in [0.25, 0.3) is 0 Å². The molecular formula is C11H23ClSi. The maximum Gasteiger partial charge on any atom is 0.0448 e. The number of hydrogen-bond donors (Lipinski definition) is 0. The van der Waals surface area contributed by atoms with Crippen LogP contribution in [0.4, 0.5) is 0 Å². The lowest BCUT2D eigenvalue weighted by Gasteiger charge is -2.39. The zero-order chi connectivity index (χ0) is 9.95. The molecule has 0 N–H and O–H groups in total. The summed E-state index contributed by atoms with van der Waals surface area (Å²) in [6.07, 6.45) is 7.04. The van der Waals surface area contributed by atoms with Gasteiger partial charge in [-0.3, -0.25) is 0 Å². The first-order valence-corrected chi connectivity index (χ1v) is 9.78. The first-order chi connectivity index (χ1) is 5.97. The van der Waals surface area contributed by atoms with Gasteiger partial charge in [0, 0.05) is 14.0 Å². The van der Waals surface area contributed by atoms with Gasteiger partial charge in [0.15, 0.2) is 0 Å². The van der Waals surface area contributed by atoms with Crippen molar-refractivity contribution in [3.63, 3.8) is 0 Å². The van der Waals surface area contributed by atoms with Gasteiger partial charge in [0.2, 0.25) is 0 Å². The van der Waals surface area contributed by atoms with Crippen molar-refractivity contribution in [1.82, 2.24) is 0 Å². The van der Waals surface area contributed by atoms with Crippen LogP contribution in [0.2, 0.25) is 25.7 Å². The van der Waals surface area contributed by atoms with Gasteiger partial charge in [0.1, 0.15) is 0 Å². The van der Waals surface area contributed by atoms with Crippen LogP contribution < -0.4 is 0 Å². The summed E-state index contributed by atoms with van der Waals surface area (Å²) in [6, 6.07) is 1.43. The third-order valence-corrected chi connectivity index (χ3v) is 5.48. The first kappa shape index (κ1) is 11.6. The summed E-state index contributed by atoms with van der Waals surface area (Å²) >= 11 is 6.17. The highest BCUT2D eigenvalue weighted by molar-refractivity contribution is 6.76. The van der Waals surface area contributed by atoms with Gasteiger partial charge in [-0.05, 0) is 18.3 Å². The molecule has 1 rings (SSSR count). The van der Waals surface area contributed by atoms with Crippen LogP contribution in [0.5, 0.6) is 0 Å². The highest BCUT2D eigenvalue weighted by Gasteiger charge is 2.35. The Hall–Kier alpha value is 0.507. The molecule has 0 unspecified atom stereocenters. The Bertz CT molecular complexity index is 154. The van der Waals surface area contributed by atoms with Crippen LogP contribution in [0, 0.1) is 5.41 Å². The van der Waals surface area contributed by atoms with Crippen LogP contribution in [0.15, 0.2) is 0 Å². The third kappa shape index (κ3) is 3.63. The average molecular weight is 219 g/mol. The summed E-state index contributed by atoms with van der Waals surface area (Å²) in [7, 11) is -0.922. The quantitative estimate of drug-likeness (QED) is 0.483. The molecule has 0 aromatic rings. The normalized spacial score (nSPS) is 23.1. The maximum absolute atomic E-state index is 6.17. The average Bonchev–Trinajstić information content (AvgIpc) is 2.03. The minimum atomic E-state index is -0.922. The zero-order valence-corrected chi connectivity index (χ0v) is 11.1. The zero-order valence-electron chi connectivity index (χ0n) is 9.33. The van der Waals surface area contributed by atoms with Crippen molar-refractivity contribution in [1.29, 1.82) is 0 Å². The molecule has 0 saturated heterocycles. The molecule has 1 fully saturated rings. The monoisotopic (exact) mass is 218 g/mol. The molecule has 78 valence electrons. The van der Waals surface area contributed by atoms with Gasteiger partial charge in [-0.1, -0.05) is 44.9 Å². The van der Waals surface area contributed by atoms with Gasteiger partial charge in [0.25, 0.3) is 0 Å². The van der Waals surface area contributed by atoms with Crippen molar-refractivity contribution in [3.8, 4) is 0 Å². The summed E-state index contributed by atoms with van der Waals surface area (Å²) in [5.74, 6) is 0.900. The Morgan fingerprint density at radius 3 is 2.00 bits per heavy atom. The van der Waals surface area contributed by atoms with E-state index in [1.807, 2.05) is 0 Å². The van der Waals surface area contributed by atoms with Crippen molar-refractivity contribution >= 4 is 19.7 Å². The van der Waals surface area contributed by atoms with E-state index in [4.69, 9.17) is 11.6 Å². The number of hydrogen-bond acceptors (Lipinski definition) is 0. The van der Waals surface area contributed by atoms with Gasteiger partial charge in [-0.15, -0.1) is 11.6 Å². The molecule has 0 aromatic carbocycles. The van der Waals surface area contributed by atoms with E-state index in [1.165, 1.54) is 38.1 Å². The molecule has 1 aliphatic rings. The van der Waals surface area contributed by atoms with Crippen molar-refractivity contribution in [3.05, 3.63) is 0 Å². The summed E-state index contributed by atoms with van der Waals surface area (Å²) < 4.78 is 0. The first-order valence-electron chi connectivity index (χ1n) is 5.54. The fourth-order valence-corrected chi connectivity index (χ4v) is 6.03. The van der Waals surface area contributed by atoms with Crippen LogP contribution in [-0.2, 0) is 0 Å². The van der Waals surface area contributed by atoms with Crippen LogP contribution >= 0.6 is 11.6 Å². The summed E-state index contributed by atoms with van der Waals surface area (Å²) in [5, 5.41) is 0. The van der Waals surface area contributed by atoms with E-state index in [1.54, 1.807) is 0 Å². The van der Waals surface area contributed by atoms with Crippen molar-refractivity contribution in [2.24, 2.45) is 5.41 Å². The fraction of sp³-hybridized carbons (Fsp3) is 1.00. The standard InChI is InChI=1S/C11H23ClSi/c1-13(2,3)10-11(9-12)7-5-4-6-8-11/h4-10H2,1-3H3. The number of alkyl halides is 1. The molecule has 13 heavy (non-hydrogen) atoms. The molecule has 0 spiro atoms. The van der Waals surface area contributed by atoms with Crippen LogP contribution in [0.3, 0.4) is 0 Å². The lowest BCUT2D eigenvalue weighted by molar-refractivity contribution is 0.246. The fourth-order valence-electron chi connectivity index (χ4n) is 2.78. The second-order valence-corrected chi connectivity index (χ2v) is 11.7. The van der Waals surface area contributed by atoms with Gasteiger partial charge in [-0.25, -0.2) is 0 Å². The van der Waals surface area contributed by atoms with Gasteiger partial charge < -0.3 is 0 Å². The highest BCUT2D eigenvalue weighted by atomic mass is 35.5. The Morgan fingerprint density at radius 2 is 1.62 bits per heavy atom. The van der Waals surface area contributed by atoms with Crippen LogP contribution in [-0.4, -0.2) is 14.0 Å². The number of halogens is 1. The van der Waals surface area contributed by atoms with Crippen molar-refractivity contribution in [2.75, 3.05) is 5.88 Å². The predicted molar refractivity (Wildman–Crippen MR) is 64.4 cm³/mol. The molecular weight excluding hydrogens is 196 g/mol. The smallest absolute Gasteiger partial charge is 0.0448 e. The van der Waals surface area contributed by atoms with Crippen LogP contribution in [0.1, 0.15) is 32.1 Å². The lowest BCUT2D eigenvalue weighted by atomic mass is 9.77. The molecule has 0 nitrogen and oxygen atoms in total. The molecule has 0 heterocycles. The molecule has 2 heteroatoms. The largest absolute Gasteiger partial charge is 0.126 e. The van der Waals surface area contributed by atoms with E-state index < -0.39 is 8.07 Å². The molecule has 0 bridgehead atoms. The van der Waals surface area contributed by atoms with E-state index in [-0.39, 0.29) is 0 Å². The molecule has 0 aromatic heterocycles. The van der Waals surface area contributed by atoms with Crippen molar-refractivity contribution < 1.29 is 0 Å². The minimum absolute atomic E-state index is 0.532. The van der Waals surface area contributed by atoms with E-state index in [2.05, 4.69) is 19.6 Å². The SMILES string of the molecule is C[Si](C)(C)CC1(CCl)CCCCC1. The highest BCUT2D eigenvalue weighted by Crippen LogP contribution is 2.43. The predicted octanol–water partition coefficient (Wildman–Crippen LogP) is 4.51. The minimum Gasteiger partial charge on any atom is -0.126 e. The van der Waals surface area contributed by atoms with E-state index >= 15 is 0 Å². The Balaban J connectivity index is 2.57. The maximum atomic E-state index is 6.17. The molecule has 0 aliphatic heterocycles. The number of rotatable bonds is 3. The topological polar surface area (TPSA) is 0 Å². The molecule has 0 amide bonds. The second kappa shape index (κ2) is 4.35. The Kier molecular flexibility index (Phi) is 3.88. The van der Waals surface area contributed by atoms with E-state index in [9.17, 15) is 0 Å². The lowest BCUT2D eigenvalue weighted by Crippen LogP contribution is -2.35. The third-order valence-electron chi connectivity index (χ3n) is 3.10. The summed E-state index contributed by atoms with van der Waals surface area (Å²) in [5.41, 5.74) is 0.532.